The van der Waals surface area contributed by atoms with Crippen LogP contribution in [0.3, 0.4) is 0 Å². The van der Waals surface area contributed by atoms with E-state index in [2.05, 4.69) is 5.34 Å². The minimum absolute atomic E-state index is 1.65. The molecule has 0 atom stereocenters. The lowest BCUT2D eigenvalue weighted by atomic mass is 10.5. The molecule has 0 fully saturated rings. The summed E-state index contributed by atoms with van der Waals surface area (Å²) in [6.07, 6.45) is 0. The van der Waals surface area contributed by atoms with Crippen LogP contribution in [0, 0.1) is 0 Å². The Hall–Kier alpha value is -0.0151. The predicted molar refractivity (Wildman–Crippen MR) is 22.6 cm³/mol. The zero-order chi connectivity index (χ0) is 4.28. The Labute approximate surface area is 33.6 Å². The SMILES string of the molecule is [B]NN(C)C. The van der Waals surface area contributed by atoms with Crippen molar-refractivity contribution in [3.8, 4) is 0 Å². The van der Waals surface area contributed by atoms with Gasteiger partial charge in [0.05, 0.1) is 0 Å². The fourth-order valence-electron chi connectivity index (χ4n) is 0. The molecule has 0 aliphatic carbocycles. The van der Waals surface area contributed by atoms with Gasteiger partial charge in [-0.2, -0.15) is 0 Å². The van der Waals surface area contributed by atoms with Gasteiger partial charge < -0.3 is 5.34 Å². The molecule has 0 aromatic rings. The summed E-state index contributed by atoms with van der Waals surface area (Å²) in [5, 5.41) is 4.01. The lowest BCUT2D eigenvalue weighted by molar-refractivity contribution is 0.377. The highest BCUT2D eigenvalue weighted by atomic mass is 15.4. The Balaban J connectivity index is 2.54. The summed E-state index contributed by atoms with van der Waals surface area (Å²) in [4.78, 5) is 0. The van der Waals surface area contributed by atoms with Crippen LogP contribution in [0.4, 0.5) is 0 Å². The van der Waals surface area contributed by atoms with Gasteiger partial charge in [-0.25, -0.2) is 0 Å². The molecule has 2 radical (unpaired) electrons. The van der Waals surface area contributed by atoms with Crippen LogP contribution in [-0.2, 0) is 0 Å². The number of nitrogens with one attached hydrogen (secondary N) is 1. The molecule has 2 nitrogen and oxygen atoms in total. The highest BCUT2D eigenvalue weighted by Gasteiger charge is 1.69. The van der Waals surface area contributed by atoms with Crippen molar-refractivity contribution in [2.24, 2.45) is 0 Å². The molecule has 0 aromatic heterocycles. The van der Waals surface area contributed by atoms with Gasteiger partial charge in [0.1, 0.15) is 0 Å². The fourth-order valence-corrected chi connectivity index (χ4v) is 0. The topological polar surface area (TPSA) is 15.3 Å². The van der Waals surface area contributed by atoms with Crippen LogP contribution in [0.5, 0.6) is 0 Å². The summed E-state index contributed by atoms with van der Waals surface area (Å²) in [6, 6.07) is 0. The summed E-state index contributed by atoms with van der Waals surface area (Å²) >= 11 is 0. The van der Waals surface area contributed by atoms with Crippen LogP contribution in [0.1, 0.15) is 0 Å². The molecular weight excluding hydrogens is 62.8 g/mol. The molecule has 0 bridgehead atoms. The maximum Gasteiger partial charge on any atom is 0.202 e. The lowest BCUT2D eigenvalue weighted by Gasteiger charge is -2.03. The highest BCUT2D eigenvalue weighted by Crippen LogP contribution is 1.48. The molecular formula is C2H7BN2. The molecule has 5 heavy (non-hydrogen) atoms. The van der Waals surface area contributed by atoms with E-state index in [1.807, 2.05) is 14.1 Å². The third-order valence-corrected chi connectivity index (χ3v) is 0.258. The van der Waals surface area contributed by atoms with Crippen molar-refractivity contribution in [2.45, 2.75) is 0 Å². The van der Waals surface area contributed by atoms with Gasteiger partial charge in [-0.3, -0.25) is 5.01 Å². The summed E-state index contributed by atoms with van der Waals surface area (Å²) in [5.74, 6) is 0. The van der Waals surface area contributed by atoms with Crippen molar-refractivity contribution < 1.29 is 0 Å². The predicted octanol–water partition coefficient (Wildman–Crippen LogP) is -0.864. The smallest absolute Gasteiger partial charge is 0.202 e. The average molecular weight is 69.9 g/mol. The van der Waals surface area contributed by atoms with E-state index in [4.69, 9.17) is 7.98 Å². The van der Waals surface area contributed by atoms with E-state index in [0.29, 0.717) is 0 Å². The highest BCUT2D eigenvalue weighted by molar-refractivity contribution is 6.03. The number of rotatable bonds is 1. The van der Waals surface area contributed by atoms with E-state index in [1.165, 1.54) is 0 Å². The molecule has 1 N–H and O–H groups in total. The van der Waals surface area contributed by atoms with Crippen LogP contribution in [0.25, 0.3) is 0 Å². The van der Waals surface area contributed by atoms with E-state index in [9.17, 15) is 0 Å². The van der Waals surface area contributed by atoms with Gasteiger partial charge in [-0.1, -0.05) is 0 Å². The second-order valence-electron chi connectivity index (χ2n) is 1.02. The molecule has 0 aliphatic rings. The Morgan fingerprint density at radius 2 is 1.80 bits per heavy atom. The maximum atomic E-state index is 4.85. The first-order valence-corrected chi connectivity index (χ1v) is 1.41. The standard InChI is InChI=1S/C2H7BN2/c1-5(2)4-3/h4H,1-2H3. The van der Waals surface area contributed by atoms with Crippen molar-refractivity contribution in [3.05, 3.63) is 0 Å². The van der Waals surface area contributed by atoms with Gasteiger partial charge in [-0.05, 0) is 0 Å². The van der Waals surface area contributed by atoms with Crippen LogP contribution in [0.15, 0.2) is 0 Å². The molecule has 3 heteroatoms. The Morgan fingerprint density at radius 3 is 1.80 bits per heavy atom. The molecule has 28 valence electrons. The van der Waals surface area contributed by atoms with Gasteiger partial charge in [0, 0.05) is 14.1 Å². The van der Waals surface area contributed by atoms with E-state index in [-0.39, 0.29) is 0 Å². The Bertz CT molecular complexity index is 21.6. The molecule has 0 unspecified atom stereocenters. The summed E-state index contributed by atoms with van der Waals surface area (Å²) in [6.45, 7) is 0. The Kier molecular flexibility index (Phi) is 2.23. The van der Waals surface area contributed by atoms with E-state index in [1.54, 1.807) is 5.01 Å². The number of hydrazine groups is 1. The molecule has 0 saturated heterocycles. The minimum atomic E-state index is 1.65. The lowest BCUT2D eigenvalue weighted by Crippen LogP contribution is -2.26. The summed E-state index contributed by atoms with van der Waals surface area (Å²) < 4.78 is 0. The van der Waals surface area contributed by atoms with Crippen LogP contribution in [-0.4, -0.2) is 27.1 Å². The molecule has 0 saturated carbocycles. The Morgan fingerprint density at radius 1 is 1.60 bits per heavy atom. The normalized spacial score (nSPS) is 9.40. The minimum Gasteiger partial charge on any atom is -0.309 e. The molecule has 0 aliphatic heterocycles. The summed E-state index contributed by atoms with van der Waals surface area (Å²) in [7, 11) is 8.49. The van der Waals surface area contributed by atoms with Gasteiger partial charge in [0.15, 0.2) is 0 Å². The van der Waals surface area contributed by atoms with E-state index in [0.717, 1.165) is 0 Å². The zero-order valence-electron chi connectivity index (χ0n) is 3.52. The molecule has 0 amide bonds. The first kappa shape index (κ1) is 4.98. The average Bonchev–Trinajstić information content (AvgIpc) is 1.38. The quantitative estimate of drug-likeness (QED) is 0.319. The number of nitrogens with zero attached hydrogens (tertiary/aromatic N) is 1. The molecule has 0 spiro atoms. The first-order chi connectivity index (χ1) is 2.27. The van der Waals surface area contributed by atoms with Crippen LogP contribution in [0.2, 0.25) is 0 Å². The third-order valence-electron chi connectivity index (χ3n) is 0.258. The van der Waals surface area contributed by atoms with Crippen molar-refractivity contribution in [1.29, 1.82) is 0 Å². The van der Waals surface area contributed by atoms with Crippen molar-refractivity contribution in [3.63, 3.8) is 0 Å². The van der Waals surface area contributed by atoms with E-state index >= 15 is 0 Å². The molecule has 0 aromatic carbocycles. The van der Waals surface area contributed by atoms with E-state index < -0.39 is 0 Å². The first-order valence-electron chi connectivity index (χ1n) is 1.41. The van der Waals surface area contributed by atoms with Gasteiger partial charge >= 0.3 is 0 Å². The van der Waals surface area contributed by atoms with Gasteiger partial charge in [-0.15, -0.1) is 0 Å². The van der Waals surface area contributed by atoms with Crippen LogP contribution >= 0.6 is 0 Å². The second kappa shape index (κ2) is 2.24. The second-order valence-corrected chi connectivity index (χ2v) is 1.02. The monoisotopic (exact) mass is 70.1 g/mol. The largest absolute Gasteiger partial charge is 0.309 e. The van der Waals surface area contributed by atoms with Crippen LogP contribution < -0.4 is 5.34 Å². The van der Waals surface area contributed by atoms with Gasteiger partial charge in [0.25, 0.3) is 0 Å². The third kappa shape index (κ3) is 3.98. The fraction of sp³-hybridized carbons (Fsp3) is 1.00. The molecule has 0 rings (SSSR count). The zero-order valence-corrected chi connectivity index (χ0v) is 3.52. The van der Waals surface area contributed by atoms with Crippen molar-refractivity contribution in [1.82, 2.24) is 10.3 Å². The number of hydrogen-bond acceptors (Lipinski definition) is 2. The number of hydrogen-bond donors (Lipinski definition) is 1. The van der Waals surface area contributed by atoms with Gasteiger partial charge in [0.2, 0.25) is 7.98 Å². The van der Waals surface area contributed by atoms with Crippen molar-refractivity contribution >= 4 is 7.98 Å². The maximum absolute atomic E-state index is 4.85. The summed E-state index contributed by atoms with van der Waals surface area (Å²) in [5.41, 5.74) is 0. The van der Waals surface area contributed by atoms with Crippen molar-refractivity contribution in [2.75, 3.05) is 14.1 Å². The molecule has 0 heterocycles.